The van der Waals surface area contributed by atoms with Crippen LogP contribution in [0.3, 0.4) is 0 Å². The van der Waals surface area contributed by atoms with Gasteiger partial charge in [-0.3, -0.25) is 9.78 Å². The Bertz CT molecular complexity index is 1550. The summed E-state index contributed by atoms with van der Waals surface area (Å²) in [5.74, 6) is -0.579. The van der Waals surface area contributed by atoms with Crippen LogP contribution in [0.1, 0.15) is 57.9 Å². The first-order valence-corrected chi connectivity index (χ1v) is 15.5. The second kappa shape index (κ2) is 12.3. The number of nitrogens with zero attached hydrogens (tertiary/aromatic N) is 3. The van der Waals surface area contributed by atoms with E-state index in [4.69, 9.17) is 0 Å². The van der Waals surface area contributed by atoms with E-state index in [9.17, 15) is 26.4 Å². The van der Waals surface area contributed by atoms with Crippen LogP contribution in [0.4, 0.5) is 18.9 Å². The molecule has 11 heteroatoms. The number of hydrogen-bond donors (Lipinski definition) is 1. The van der Waals surface area contributed by atoms with Crippen LogP contribution in [0.5, 0.6) is 0 Å². The van der Waals surface area contributed by atoms with Crippen molar-refractivity contribution in [1.29, 1.82) is 0 Å². The molecule has 3 aromatic rings. The van der Waals surface area contributed by atoms with E-state index in [1.54, 1.807) is 29.4 Å². The number of halogens is 3. The predicted molar refractivity (Wildman–Crippen MR) is 156 cm³/mol. The number of carbonyl (C=O) groups excluding carboxylic acids is 1. The van der Waals surface area contributed by atoms with E-state index in [0.717, 1.165) is 48.8 Å². The van der Waals surface area contributed by atoms with E-state index in [0.29, 0.717) is 18.4 Å². The molecular weight excluding hydrogens is 565 g/mol. The maximum atomic E-state index is 13.4. The molecule has 2 aliphatic rings. The van der Waals surface area contributed by atoms with Crippen molar-refractivity contribution in [2.24, 2.45) is 0 Å². The molecule has 1 amide bonds. The fraction of sp³-hybridized carbons (Fsp3) is 0.355. The maximum Gasteiger partial charge on any atom is 0.416 e. The van der Waals surface area contributed by atoms with Crippen LogP contribution in [-0.4, -0.2) is 56.1 Å². The second-order valence-corrected chi connectivity index (χ2v) is 12.5. The number of aromatic nitrogens is 1. The molecule has 1 saturated heterocycles. The molecule has 1 unspecified atom stereocenters. The van der Waals surface area contributed by atoms with Gasteiger partial charge in [0, 0.05) is 55.9 Å². The number of hydrogen-bond acceptors (Lipinski definition) is 5. The summed E-state index contributed by atoms with van der Waals surface area (Å²) in [5, 5.41) is 0. The standard InChI is InChI=1S/C31H33F3N4O3S/c1-37(25-14-18-38(19-15-25)26-12-16-35-17-13-26)30(39)24-9-8-22-10-11-29(27(22)21-24)36-42(40,41)20-4-6-23-5-2-3-7-28(23)31(32,33)34/h2-9,12-13,16-17,21,25,29,36H,10-11,14-15,18-20H2,1H3. The summed E-state index contributed by atoms with van der Waals surface area (Å²) >= 11 is 0. The highest BCUT2D eigenvalue weighted by Gasteiger charge is 2.33. The Labute approximate surface area is 244 Å². The van der Waals surface area contributed by atoms with Crippen LogP contribution in [0.25, 0.3) is 6.08 Å². The van der Waals surface area contributed by atoms with Gasteiger partial charge in [-0.15, -0.1) is 0 Å². The van der Waals surface area contributed by atoms with Gasteiger partial charge in [0.1, 0.15) is 0 Å². The molecule has 1 atom stereocenters. The number of sulfonamides is 1. The fourth-order valence-corrected chi connectivity index (χ4v) is 6.88. The van der Waals surface area contributed by atoms with Gasteiger partial charge < -0.3 is 9.80 Å². The van der Waals surface area contributed by atoms with Gasteiger partial charge in [-0.1, -0.05) is 36.4 Å². The Kier molecular flexibility index (Phi) is 8.70. The van der Waals surface area contributed by atoms with Gasteiger partial charge in [0.25, 0.3) is 5.91 Å². The predicted octanol–water partition coefficient (Wildman–Crippen LogP) is 5.46. The van der Waals surface area contributed by atoms with Crippen molar-refractivity contribution in [2.75, 3.05) is 30.8 Å². The molecule has 42 heavy (non-hydrogen) atoms. The summed E-state index contributed by atoms with van der Waals surface area (Å²) < 4.78 is 68.2. The Hall–Kier alpha value is -3.70. The zero-order valence-electron chi connectivity index (χ0n) is 23.2. The van der Waals surface area contributed by atoms with Gasteiger partial charge in [0.15, 0.2) is 0 Å². The minimum absolute atomic E-state index is 0.0902. The quantitative estimate of drug-likeness (QED) is 0.373. The van der Waals surface area contributed by atoms with Crippen molar-refractivity contribution in [3.8, 4) is 0 Å². The third-order valence-electron chi connectivity index (χ3n) is 8.03. The van der Waals surface area contributed by atoms with Crippen molar-refractivity contribution in [3.05, 3.63) is 101 Å². The van der Waals surface area contributed by atoms with Gasteiger partial charge in [-0.2, -0.15) is 13.2 Å². The molecule has 2 aromatic carbocycles. The molecule has 1 aromatic heterocycles. The minimum atomic E-state index is -4.54. The van der Waals surface area contributed by atoms with Gasteiger partial charge in [0.2, 0.25) is 10.0 Å². The van der Waals surface area contributed by atoms with Crippen LogP contribution in [0.15, 0.2) is 73.1 Å². The minimum Gasteiger partial charge on any atom is -0.371 e. The number of alkyl halides is 3. The average molecular weight is 599 g/mol. The molecule has 1 aliphatic carbocycles. The van der Waals surface area contributed by atoms with Gasteiger partial charge in [-0.05, 0) is 72.7 Å². The Morgan fingerprint density at radius 3 is 2.50 bits per heavy atom. The lowest BCUT2D eigenvalue weighted by molar-refractivity contribution is -0.137. The number of anilines is 1. The molecule has 1 N–H and O–H groups in total. The zero-order chi connectivity index (χ0) is 29.9. The SMILES string of the molecule is CN(C(=O)c1ccc2c(c1)C(NS(=O)(=O)CC=Cc1ccccc1C(F)(F)F)CC2)C1CCN(c2ccncc2)CC1. The van der Waals surface area contributed by atoms with E-state index in [-0.39, 0.29) is 17.5 Å². The molecule has 7 nitrogen and oxygen atoms in total. The molecule has 0 spiro atoms. The Morgan fingerprint density at radius 2 is 1.79 bits per heavy atom. The largest absolute Gasteiger partial charge is 0.416 e. The molecule has 0 radical (unpaired) electrons. The van der Waals surface area contributed by atoms with Crippen molar-refractivity contribution < 1.29 is 26.4 Å². The molecule has 1 aliphatic heterocycles. The number of piperidine rings is 1. The lowest BCUT2D eigenvalue weighted by atomic mass is 10.0. The van der Waals surface area contributed by atoms with Crippen molar-refractivity contribution >= 4 is 27.7 Å². The van der Waals surface area contributed by atoms with E-state index in [2.05, 4.69) is 14.6 Å². The molecule has 1 fully saturated rings. The first-order valence-electron chi connectivity index (χ1n) is 13.9. The molecule has 2 heterocycles. The van der Waals surface area contributed by atoms with E-state index in [1.807, 2.05) is 25.2 Å². The topological polar surface area (TPSA) is 82.6 Å². The molecule has 222 valence electrons. The van der Waals surface area contributed by atoms with Gasteiger partial charge >= 0.3 is 6.18 Å². The number of amides is 1. The fourth-order valence-electron chi connectivity index (χ4n) is 5.76. The smallest absolute Gasteiger partial charge is 0.371 e. The lowest BCUT2D eigenvalue weighted by Crippen LogP contribution is -2.45. The lowest BCUT2D eigenvalue weighted by Gasteiger charge is -2.38. The number of aryl methyl sites for hydroxylation is 1. The summed E-state index contributed by atoms with van der Waals surface area (Å²) in [6.45, 7) is 1.66. The normalized spacial score (nSPS) is 17.9. The number of fused-ring (bicyclic) bond motifs is 1. The highest BCUT2D eigenvalue weighted by Crippen LogP contribution is 2.34. The summed E-state index contributed by atoms with van der Waals surface area (Å²) in [6, 6.07) is 14.0. The van der Waals surface area contributed by atoms with E-state index in [1.165, 1.54) is 30.4 Å². The first-order chi connectivity index (χ1) is 20.0. The van der Waals surface area contributed by atoms with E-state index < -0.39 is 33.6 Å². The number of pyridine rings is 1. The maximum absolute atomic E-state index is 13.4. The summed E-state index contributed by atoms with van der Waals surface area (Å²) in [7, 11) is -2.03. The van der Waals surface area contributed by atoms with Crippen molar-refractivity contribution in [1.82, 2.24) is 14.6 Å². The monoisotopic (exact) mass is 598 g/mol. The average Bonchev–Trinajstić information content (AvgIpc) is 3.37. The highest BCUT2D eigenvalue weighted by molar-refractivity contribution is 7.89. The third kappa shape index (κ3) is 6.84. The Morgan fingerprint density at radius 1 is 1.07 bits per heavy atom. The van der Waals surface area contributed by atoms with Crippen molar-refractivity contribution in [3.63, 3.8) is 0 Å². The van der Waals surface area contributed by atoms with Crippen LogP contribution in [-0.2, 0) is 22.6 Å². The summed E-state index contributed by atoms with van der Waals surface area (Å²) in [5.41, 5.74) is 2.44. The number of nitrogens with one attached hydrogen (secondary N) is 1. The molecular formula is C31H33F3N4O3S. The van der Waals surface area contributed by atoms with Gasteiger partial charge in [-0.25, -0.2) is 13.1 Å². The number of carbonyl (C=O) groups is 1. The second-order valence-electron chi connectivity index (χ2n) is 10.7. The Balaban J connectivity index is 1.22. The number of benzene rings is 2. The van der Waals surface area contributed by atoms with Crippen LogP contribution < -0.4 is 9.62 Å². The summed E-state index contributed by atoms with van der Waals surface area (Å²) in [6.07, 6.45) is 4.27. The highest BCUT2D eigenvalue weighted by atomic mass is 32.2. The third-order valence-corrected chi connectivity index (χ3v) is 9.31. The van der Waals surface area contributed by atoms with E-state index >= 15 is 0 Å². The van der Waals surface area contributed by atoms with Crippen LogP contribution >= 0.6 is 0 Å². The molecule has 0 bridgehead atoms. The molecule has 5 rings (SSSR count). The van der Waals surface area contributed by atoms with Crippen LogP contribution in [0, 0.1) is 0 Å². The van der Waals surface area contributed by atoms with Crippen molar-refractivity contribution in [2.45, 2.75) is 43.9 Å². The van der Waals surface area contributed by atoms with Gasteiger partial charge in [0.05, 0.1) is 11.3 Å². The number of rotatable bonds is 8. The first kappa shape index (κ1) is 29.8. The summed E-state index contributed by atoms with van der Waals surface area (Å²) in [4.78, 5) is 21.6. The van der Waals surface area contributed by atoms with Crippen LogP contribution in [0.2, 0.25) is 0 Å². The molecule has 0 saturated carbocycles. The zero-order valence-corrected chi connectivity index (χ0v) is 24.0.